The number of ketones is 1. The van der Waals surface area contributed by atoms with Crippen molar-refractivity contribution in [3.8, 4) is 0 Å². The summed E-state index contributed by atoms with van der Waals surface area (Å²) in [4.78, 5) is 22.0. The molecule has 0 aliphatic heterocycles. The maximum absolute atomic E-state index is 11.2. The molecule has 0 saturated heterocycles. The number of hydrogen-bond acceptors (Lipinski definition) is 4. The van der Waals surface area contributed by atoms with Crippen LogP contribution in [0.1, 0.15) is 9.67 Å². The van der Waals surface area contributed by atoms with Crippen molar-refractivity contribution in [3.05, 3.63) is 34.2 Å². The fraction of sp³-hybridized carbons (Fsp3) is 0. The van der Waals surface area contributed by atoms with E-state index in [0.717, 1.165) is 6.08 Å². The second-order valence-corrected chi connectivity index (χ2v) is 3.18. The standard InChI is InChI=1S/C8H7NO3S/c9-8(12)6(11)4-5(10)7-2-1-3-13-7/h1-4,11H,(H2,9,12). The number of thiophene rings is 1. The van der Waals surface area contributed by atoms with Gasteiger partial charge in [0.1, 0.15) is 0 Å². The highest BCUT2D eigenvalue weighted by Gasteiger charge is 2.07. The van der Waals surface area contributed by atoms with Gasteiger partial charge >= 0.3 is 0 Å². The molecule has 5 heteroatoms. The molecule has 0 unspecified atom stereocenters. The van der Waals surface area contributed by atoms with Crippen LogP contribution in [0.5, 0.6) is 0 Å². The normalized spacial score (nSPS) is 11.2. The first-order valence-electron chi connectivity index (χ1n) is 3.39. The smallest absolute Gasteiger partial charge is 0.283 e. The van der Waals surface area contributed by atoms with E-state index in [1.54, 1.807) is 17.5 Å². The van der Waals surface area contributed by atoms with Crippen molar-refractivity contribution in [2.75, 3.05) is 0 Å². The molecule has 0 aromatic carbocycles. The largest absolute Gasteiger partial charge is 0.503 e. The maximum Gasteiger partial charge on any atom is 0.283 e. The number of carbonyl (C=O) groups excluding carboxylic acids is 2. The van der Waals surface area contributed by atoms with E-state index >= 15 is 0 Å². The Morgan fingerprint density at radius 1 is 1.54 bits per heavy atom. The SMILES string of the molecule is NC(=O)C(O)=CC(=O)c1cccs1. The molecule has 0 aliphatic rings. The molecule has 4 nitrogen and oxygen atoms in total. The molecule has 1 rings (SSSR count). The monoisotopic (exact) mass is 197 g/mol. The van der Waals surface area contributed by atoms with Crippen LogP contribution in [0, 0.1) is 0 Å². The van der Waals surface area contributed by atoms with Gasteiger partial charge < -0.3 is 10.8 Å². The summed E-state index contributed by atoms with van der Waals surface area (Å²) in [6.45, 7) is 0. The Kier molecular flexibility index (Phi) is 2.81. The molecule has 1 aromatic heterocycles. The Morgan fingerprint density at radius 2 is 2.23 bits per heavy atom. The highest BCUT2D eigenvalue weighted by molar-refractivity contribution is 7.12. The summed E-state index contributed by atoms with van der Waals surface area (Å²) in [5.41, 5.74) is 4.73. The van der Waals surface area contributed by atoms with Crippen molar-refractivity contribution in [2.45, 2.75) is 0 Å². The summed E-state index contributed by atoms with van der Waals surface area (Å²) in [6, 6.07) is 3.30. The Morgan fingerprint density at radius 3 is 2.69 bits per heavy atom. The Labute approximate surface area is 78.3 Å². The average molecular weight is 197 g/mol. The molecule has 1 amide bonds. The van der Waals surface area contributed by atoms with Gasteiger partial charge in [-0.2, -0.15) is 0 Å². The number of nitrogens with two attached hydrogens (primary N) is 1. The number of primary amides is 1. The van der Waals surface area contributed by atoms with E-state index in [0.29, 0.717) is 4.88 Å². The summed E-state index contributed by atoms with van der Waals surface area (Å²) in [5, 5.41) is 10.6. The zero-order valence-corrected chi connectivity index (χ0v) is 7.38. The lowest BCUT2D eigenvalue weighted by atomic mass is 10.3. The van der Waals surface area contributed by atoms with Gasteiger partial charge in [-0.05, 0) is 11.4 Å². The lowest BCUT2D eigenvalue weighted by Gasteiger charge is -1.91. The molecule has 1 aromatic rings. The Balaban J connectivity index is 2.82. The molecule has 1 heterocycles. The van der Waals surface area contributed by atoms with E-state index in [1.165, 1.54) is 11.3 Å². The third kappa shape index (κ3) is 2.41. The third-order valence-electron chi connectivity index (χ3n) is 1.28. The van der Waals surface area contributed by atoms with Crippen LogP contribution in [0.2, 0.25) is 0 Å². The number of allylic oxidation sites excluding steroid dienone is 1. The van der Waals surface area contributed by atoms with Crippen LogP contribution in [0.4, 0.5) is 0 Å². The van der Waals surface area contributed by atoms with Crippen LogP contribution in [0.25, 0.3) is 0 Å². The molecule has 3 N–H and O–H groups in total. The number of rotatable bonds is 3. The van der Waals surface area contributed by atoms with Gasteiger partial charge in [-0.15, -0.1) is 11.3 Å². The predicted molar refractivity (Wildman–Crippen MR) is 48.6 cm³/mol. The van der Waals surface area contributed by atoms with Gasteiger partial charge in [0.2, 0.25) is 0 Å². The predicted octanol–water partition coefficient (Wildman–Crippen LogP) is 0.858. The van der Waals surface area contributed by atoms with E-state index in [1.807, 2.05) is 0 Å². The second-order valence-electron chi connectivity index (χ2n) is 2.24. The number of carbonyl (C=O) groups is 2. The molecule has 68 valence electrons. The molecule has 0 spiro atoms. The van der Waals surface area contributed by atoms with Gasteiger partial charge in [0.25, 0.3) is 5.91 Å². The zero-order chi connectivity index (χ0) is 9.84. The van der Waals surface area contributed by atoms with Crippen LogP contribution in [-0.2, 0) is 4.79 Å². The summed E-state index contributed by atoms with van der Waals surface area (Å²) in [5.74, 6) is -2.16. The van der Waals surface area contributed by atoms with E-state index in [4.69, 9.17) is 10.8 Å². The summed E-state index contributed by atoms with van der Waals surface area (Å²) >= 11 is 1.23. The van der Waals surface area contributed by atoms with Gasteiger partial charge in [-0.25, -0.2) is 0 Å². The van der Waals surface area contributed by atoms with Gasteiger partial charge in [0.15, 0.2) is 11.5 Å². The van der Waals surface area contributed by atoms with Crippen molar-refractivity contribution in [1.82, 2.24) is 0 Å². The number of amides is 1. The van der Waals surface area contributed by atoms with Crippen molar-refractivity contribution >= 4 is 23.0 Å². The Hall–Kier alpha value is -1.62. The maximum atomic E-state index is 11.2. The number of aliphatic hydroxyl groups excluding tert-OH is 1. The molecule has 13 heavy (non-hydrogen) atoms. The average Bonchev–Trinajstić information content (AvgIpc) is 2.55. The molecule has 0 saturated carbocycles. The first-order chi connectivity index (χ1) is 6.11. The fourth-order valence-electron chi connectivity index (χ4n) is 0.685. The topological polar surface area (TPSA) is 80.4 Å². The lowest BCUT2D eigenvalue weighted by molar-refractivity contribution is -0.116. The van der Waals surface area contributed by atoms with E-state index in [9.17, 15) is 9.59 Å². The molecule has 0 fully saturated rings. The second kappa shape index (κ2) is 3.86. The van der Waals surface area contributed by atoms with Gasteiger partial charge in [0, 0.05) is 6.08 Å². The first kappa shape index (κ1) is 9.47. The zero-order valence-electron chi connectivity index (χ0n) is 6.56. The minimum Gasteiger partial charge on any atom is -0.503 e. The molecular weight excluding hydrogens is 190 g/mol. The van der Waals surface area contributed by atoms with Gasteiger partial charge in [0.05, 0.1) is 4.88 Å². The van der Waals surface area contributed by atoms with Crippen LogP contribution in [0.3, 0.4) is 0 Å². The minimum atomic E-state index is -1.01. The molecule has 0 atom stereocenters. The fourth-order valence-corrected chi connectivity index (χ4v) is 1.32. The molecule has 0 radical (unpaired) electrons. The van der Waals surface area contributed by atoms with Crippen molar-refractivity contribution < 1.29 is 14.7 Å². The van der Waals surface area contributed by atoms with Crippen LogP contribution in [-0.4, -0.2) is 16.8 Å². The quantitative estimate of drug-likeness (QED) is 0.428. The third-order valence-corrected chi connectivity index (χ3v) is 2.17. The summed E-state index contributed by atoms with van der Waals surface area (Å²) in [7, 11) is 0. The van der Waals surface area contributed by atoms with Crippen molar-refractivity contribution in [2.24, 2.45) is 5.73 Å². The van der Waals surface area contributed by atoms with Gasteiger partial charge in [-0.3, -0.25) is 9.59 Å². The van der Waals surface area contributed by atoms with E-state index < -0.39 is 17.4 Å². The number of aliphatic hydroxyl groups is 1. The van der Waals surface area contributed by atoms with Crippen LogP contribution >= 0.6 is 11.3 Å². The number of hydrogen-bond donors (Lipinski definition) is 2. The highest BCUT2D eigenvalue weighted by atomic mass is 32.1. The van der Waals surface area contributed by atoms with Gasteiger partial charge in [-0.1, -0.05) is 6.07 Å². The van der Waals surface area contributed by atoms with Crippen molar-refractivity contribution in [3.63, 3.8) is 0 Å². The highest BCUT2D eigenvalue weighted by Crippen LogP contribution is 2.10. The molecular formula is C8H7NO3S. The lowest BCUT2D eigenvalue weighted by Crippen LogP contribution is -2.14. The molecule has 0 bridgehead atoms. The van der Waals surface area contributed by atoms with E-state index in [2.05, 4.69) is 0 Å². The van der Waals surface area contributed by atoms with Crippen molar-refractivity contribution in [1.29, 1.82) is 0 Å². The minimum absolute atomic E-state index is 0.425. The molecule has 0 aliphatic carbocycles. The summed E-state index contributed by atoms with van der Waals surface area (Å²) in [6.07, 6.45) is 0.814. The van der Waals surface area contributed by atoms with Crippen LogP contribution < -0.4 is 5.73 Å². The summed E-state index contributed by atoms with van der Waals surface area (Å²) < 4.78 is 0. The van der Waals surface area contributed by atoms with E-state index in [-0.39, 0.29) is 0 Å². The first-order valence-corrected chi connectivity index (χ1v) is 4.27. The van der Waals surface area contributed by atoms with Crippen LogP contribution in [0.15, 0.2) is 29.3 Å². The Bertz CT molecular complexity index is 353.